The van der Waals surface area contributed by atoms with E-state index >= 15 is 0 Å². The Kier molecular flexibility index (Phi) is 10.9. The zero-order chi connectivity index (χ0) is 31.2. The van der Waals surface area contributed by atoms with E-state index in [4.69, 9.17) is 34.8 Å². The van der Waals surface area contributed by atoms with Crippen LogP contribution in [-0.2, 0) is 40.2 Å². The first kappa shape index (κ1) is 32.3. The molecule has 0 aromatic heterocycles. The van der Waals surface area contributed by atoms with E-state index in [9.17, 15) is 14.4 Å². The topological polar surface area (TPSA) is 81.8 Å². The zero-order valence-corrected chi connectivity index (χ0v) is 27.0. The van der Waals surface area contributed by atoms with Gasteiger partial charge in [0.05, 0.1) is 16.1 Å². The number of rotatable bonds is 10. The van der Waals surface area contributed by atoms with Crippen LogP contribution in [0.2, 0.25) is 15.1 Å². The highest BCUT2D eigenvalue weighted by molar-refractivity contribution is 6.42. The van der Waals surface area contributed by atoms with Gasteiger partial charge in [-0.25, -0.2) is 0 Å². The molecule has 7 nitrogen and oxygen atoms in total. The van der Waals surface area contributed by atoms with Crippen molar-refractivity contribution in [1.29, 1.82) is 0 Å². The lowest BCUT2D eigenvalue weighted by Crippen LogP contribution is -2.63. The van der Waals surface area contributed by atoms with Gasteiger partial charge in [-0.05, 0) is 65.8 Å². The summed E-state index contributed by atoms with van der Waals surface area (Å²) in [5.74, 6) is -0.556. The van der Waals surface area contributed by atoms with Gasteiger partial charge in [0.25, 0.3) is 0 Å². The van der Waals surface area contributed by atoms with Crippen molar-refractivity contribution in [2.45, 2.75) is 63.7 Å². The Morgan fingerprint density at radius 3 is 2.41 bits per heavy atom. The first-order chi connectivity index (χ1) is 21.2. The molecule has 0 spiro atoms. The molecule has 0 radical (unpaired) electrons. The van der Waals surface area contributed by atoms with Crippen molar-refractivity contribution in [2.75, 3.05) is 19.6 Å². The van der Waals surface area contributed by atoms with Crippen molar-refractivity contribution in [1.82, 2.24) is 20.4 Å². The Balaban J connectivity index is 1.31. The first-order valence-electron chi connectivity index (χ1n) is 15.1. The quantitative estimate of drug-likeness (QED) is 0.304. The molecule has 0 aliphatic carbocycles. The molecule has 2 N–H and O–H groups in total. The first-order valence-corrected chi connectivity index (χ1v) is 16.2. The van der Waals surface area contributed by atoms with Crippen LogP contribution in [-0.4, -0.2) is 65.3 Å². The minimum atomic E-state index is -0.836. The van der Waals surface area contributed by atoms with Crippen LogP contribution in [0.15, 0.2) is 66.7 Å². The van der Waals surface area contributed by atoms with Crippen molar-refractivity contribution in [3.63, 3.8) is 0 Å². The number of halogens is 3. The summed E-state index contributed by atoms with van der Waals surface area (Å²) in [7, 11) is 0. The highest BCUT2D eigenvalue weighted by Gasteiger charge is 2.40. The maximum Gasteiger partial charge on any atom is 0.246 e. The van der Waals surface area contributed by atoms with Crippen LogP contribution < -0.4 is 10.6 Å². The number of carbonyl (C=O) groups excluding carboxylic acids is 3. The molecule has 3 unspecified atom stereocenters. The average Bonchev–Trinajstić information content (AvgIpc) is 3.03. The van der Waals surface area contributed by atoms with Crippen molar-refractivity contribution < 1.29 is 14.4 Å². The molecule has 232 valence electrons. The molecule has 0 bridgehead atoms. The van der Waals surface area contributed by atoms with Gasteiger partial charge in [-0.1, -0.05) is 90.6 Å². The van der Waals surface area contributed by atoms with Gasteiger partial charge in [0, 0.05) is 37.6 Å². The molecule has 3 aromatic rings. The second-order valence-corrected chi connectivity index (χ2v) is 12.7. The molecule has 1 fully saturated rings. The third-order valence-electron chi connectivity index (χ3n) is 8.45. The number of nitrogens with one attached hydrogen (secondary N) is 2. The second kappa shape index (κ2) is 14.8. The molecule has 2 aliphatic heterocycles. The fraction of sp³-hybridized carbons (Fsp3) is 0.382. The van der Waals surface area contributed by atoms with E-state index in [-0.39, 0.29) is 24.1 Å². The summed E-state index contributed by atoms with van der Waals surface area (Å²) in [5.41, 5.74) is 4.15. The lowest BCUT2D eigenvalue weighted by atomic mass is 9.95. The molecule has 44 heavy (non-hydrogen) atoms. The zero-order valence-electron chi connectivity index (χ0n) is 24.7. The predicted molar refractivity (Wildman–Crippen MR) is 175 cm³/mol. The van der Waals surface area contributed by atoms with Gasteiger partial charge in [-0.3, -0.25) is 14.4 Å². The number of amides is 3. The lowest BCUT2D eigenvalue weighted by Gasteiger charge is -2.42. The Morgan fingerprint density at radius 2 is 1.68 bits per heavy atom. The van der Waals surface area contributed by atoms with E-state index in [1.54, 1.807) is 23.1 Å². The van der Waals surface area contributed by atoms with Crippen LogP contribution in [0, 0.1) is 0 Å². The normalized spacial score (nSPS) is 19.0. The number of hydrogen-bond donors (Lipinski definition) is 2. The van der Waals surface area contributed by atoms with Crippen LogP contribution in [0.4, 0.5) is 0 Å². The SMILES string of the molecule is CCCC1C(=O)N(CCc2ccc(Cl)c(Cl)c2)CCN1C(=O)C(Cc1ccc(Cl)cc1)NC(=O)C1Cc2ccccc2CN1. The van der Waals surface area contributed by atoms with E-state index in [1.807, 2.05) is 54.3 Å². The second-order valence-electron chi connectivity index (χ2n) is 11.5. The van der Waals surface area contributed by atoms with Crippen molar-refractivity contribution in [2.24, 2.45) is 0 Å². The summed E-state index contributed by atoms with van der Waals surface area (Å²) in [6.45, 7) is 3.90. The Hall–Kier alpha value is -3.10. The molecule has 1 saturated heterocycles. The van der Waals surface area contributed by atoms with Gasteiger partial charge in [0.1, 0.15) is 12.1 Å². The smallest absolute Gasteiger partial charge is 0.246 e. The summed E-state index contributed by atoms with van der Waals surface area (Å²) in [6, 6.07) is 18.9. The van der Waals surface area contributed by atoms with E-state index in [0.717, 1.165) is 23.1 Å². The molecule has 3 aromatic carbocycles. The van der Waals surface area contributed by atoms with E-state index < -0.39 is 18.1 Å². The van der Waals surface area contributed by atoms with Crippen LogP contribution in [0.5, 0.6) is 0 Å². The number of carbonyl (C=O) groups is 3. The van der Waals surface area contributed by atoms with Gasteiger partial charge in [0.2, 0.25) is 17.7 Å². The number of hydrogen-bond acceptors (Lipinski definition) is 4. The Labute approximate surface area is 273 Å². The molecule has 5 rings (SSSR count). The Bertz CT molecular complexity index is 1500. The van der Waals surface area contributed by atoms with Crippen molar-refractivity contribution in [3.8, 4) is 0 Å². The van der Waals surface area contributed by atoms with Gasteiger partial charge >= 0.3 is 0 Å². The molecule has 3 amide bonds. The fourth-order valence-corrected chi connectivity index (χ4v) is 6.45. The van der Waals surface area contributed by atoms with Crippen LogP contribution in [0.25, 0.3) is 0 Å². The standard InChI is InChI=1S/C34H37Cl3N4O3/c1-2-5-31-34(44)40(15-14-23-10-13-27(36)28(37)18-23)16-17-41(31)33(43)30(19-22-8-11-26(35)12-9-22)39-32(42)29-20-24-6-3-4-7-25(24)21-38-29/h3-4,6-13,18,29-31,38H,2,5,14-17,19-21H2,1H3,(H,39,42). The largest absolute Gasteiger partial charge is 0.343 e. The summed E-state index contributed by atoms with van der Waals surface area (Å²) in [5, 5.41) is 7.93. The van der Waals surface area contributed by atoms with Crippen molar-refractivity contribution in [3.05, 3.63) is 104 Å². The lowest BCUT2D eigenvalue weighted by molar-refractivity contribution is -0.153. The van der Waals surface area contributed by atoms with E-state index in [0.29, 0.717) is 60.5 Å². The van der Waals surface area contributed by atoms with Crippen molar-refractivity contribution >= 4 is 52.5 Å². The third-order valence-corrected chi connectivity index (χ3v) is 9.44. The molecule has 2 heterocycles. The van der Waals surface area contributed by atoms with E-state index in [2.05, 4.69) is 16.7 Å². The summed E-state index contributed by atoms with van der Waals surface area (Å²) in [4.78, 5) is 45.1. The highest BCUT2D eigenvalue weighted by Crippen LogP contribution is 2.24. The maximum atomic E-state index is 14.2. The van der Waals surface area contributed by atoms with Crippen LogP contribution in [0.3, 0.4) is 0 Å². The Morgan fingerprint density at radius 1 is 0.955 bits per heavy atom. The molecule has 0 saturated carbocycles. The molecule has 3 atom stereocenters. The molecule has 2 aliphatic rings. The van der Waals surface area contributed by atoms with Gasteiger partial charge in [0.15, 0.2) is 0 Å². The number of piperazine rings is 1. The number of fused-ring (bicyclic) bond motifs is 1. The molecular formula is C34H37Cl3N4O3. The average molecular weight is 656 g/mol. The third kappa shape index (κ3) is 7.75. The minimum Gasteiger partial charge on any atom is -0.343 e. The monoisotopic (exact) mass is 654 g/mol. The predicted octanol–water partition coefficient (Wildman–Crippen LogP) is 5.47. The fourth-order valence-electron chi connectivity index (χ4n) is 6.00. The van der Waals surface area contributed by atoms with Crippen LogP contribution in [0.1, 0.15) is 42.0 Å². The maximum absolute atomic E-state index is 14.2. The molecule has 10 heteroatoms. The van der Waals surface area contributed by atoms with Gasteiger partial charge in [-0.2, -0.15) is 0 Å². The number of benzene rings is 3. The molecular weight excluding hydrogens is 619 g/mol. The van der Waals surface area contributed by atoms with E-state index in [1.165, 1.54) is 5.56 Å². The summed E-state index contributed by atoms with van der Waals surface area (Å²) >= 11 is 18.4. The van der Waals surface area contributed by atoms with Crippen LogP contribution >= 0.6 is 34.8 Å². The summed E-state index contributed by atoms with van der Waals surface area (Å²) in [6.07, 6.45) is 2.73. The summed E-state index contributed by atoms with van der Waals surface area (Å²) < 4.78 is 0. The minimum absolute atomic E-state index is 0.0753. The van der Waals surface area contributed by atoms with Gasteiger partial charge in [-0.15, -0.1) is 0 Å². The number of nitrogens with zero attached hydrogens (tertiary/aromatic N) is 2. The highest BCUT2D eigenvalue weighted by atomic mass is 35.5. The van der Waals surface area contributed by atoms with Gasteiger partial charge < -0.3 is 20.4 Å².